The lowest BCUT2D eigenvalue weighted by Crippen LogP contribution is -2.22. The first-order valence-electron chi connectivity index (χ1n) is 7.60. The smallest absolute Gasteiger partial charge is 0.325 e. The first-order valence-corrected chi connectivity index (χ1v) is 9.17. The molecule has 134 valence electrons. The van der Waals surface area contributed by atoms with Gasteiger partial charge in [0.25, 0.3) is 5.91 Å². The summed E-state index contributed by atoms with van der Waals surface area (Å²) in [6, 6.07) is 10.4. The highest BCUT2D eigenvalue weighted by atomic mass is 35.5. The fourth-order valence-electron chi connectivity index (χ4n) is 2.48. The molecule has 0 radical (unpaired) electrons. The van der Waals surface area contributed by atoms with E-state index in [2.05, 4.69) is 4.99 Å². The summed E-state index contributed by atoms with van der Waals surface area (Å²) >= 11 is 13.6. The molecule has 0 fully saturated rings. The maximum absolute atomic E-state index is 12.6. The molecule has 0 atom stereocenters. The third kappa shape index (κ3) is 3.82. The third-order valence-electron chi connectivity index (χ3n) is 3.67. The fraction of sp³-hybridized carbons (Fsp3) is 0.167. The number of halogens is 2. The molecule has 0 N–H and O–H groups in total. The standard InChI is InChI=1S/C18H14Cl2N2O3S/c1-10-4-3-5-11(6-10)17(24)21-18-22(9-15(23)25-2)16-13(20)7-12(19)8-14(16)26-18/h3-8H,9H2,1-2H3. The van der Waals surface area contributed by atoms with Gasteiger partial charge in [-0.25, -0.2) is 0 Å². The molecule has 5 nitrogen and oxygen atoms in total. The van der Waals surface area contributed by atoms with Crippen LogP contribution in [0.5, 0.6) is 0 Å². The predicted octanol–water partition coefficient (Wildman–Crippen LogP) is 4.23. The van der Waals surface area contributed by atoms with Gasteiger partial charge in [0.15, 0.2) is 4.80 Å². The zero-order valence-corrected chi connectivity index (χ0v) is 16.3. The number of carbonyl (C=O) groups excluding carboxylic acids is 2. The van der Waals surface area contributed by atoms with E-state index >= 15 is 0 Å². The molecule has 1 heterocycles. The van der Waals surface area contributed by atoms with Gasteiger partial charge in [-0.2, -0.15) is 4.99 Å². The molecule has 8 heteroatoms. The van der Waals surface area contributed by atoms with Gasteiger partial charge in [0.1, 0.15) is 6.54 Å². The Morgan fingerprint density at radius 1 is 1.23 bits per heavy atom. The average molecular weight is 409 g/mol. The quantitative estimate of drug-likeness (QED) is 0.609. The zero-order valence-electron chi connectivity index (χ0n) is 14.0. The first-order chi connectivity index (χ1) is 12.4. The highest BCUT2D eigenvalue weighted by Gasteiger charge is 2.15. The molecule has 0 saturated heterocycles. The number of fused-ring (bicyclic) bond motifs is 1. The van der Waals surface area contributed by atoms with E-state index in [9.17, 15) is 9.59 Å². The first kappa shape index (κ1) is 18.6. The molecule has 26 heavy (non-hydrogen) atoms. The summed E-state index contributed by atoms with van der Waals surface area (Å²) in [7, 11) is 1.30. The van der Waals surface area contributed by atoms with E-state index in [1.165, 1.54) is 18.4 Å². The largest absolute Gasteiger partial charge is 0.468 e. The second-order valence-electron chi connectivity index (χ2n) is 5.57. The van der Waals surface area contributed by atoms with Crippen LogP contribution in [0.25, 0.3) is 10.2 Å². The van der Waals surface area contributed by atoms with Gasteiger partial charge >= 0.3 is 5.97 Å². The van der Waals surface area contributed by atoms with Crippen LogP contribution in [0, 0.1) is 6.92 Å². The Morgan fingerprint density at radius 2 is 2.00 bits per heavy atom. The maximum atomic E-state index is 12.6. The van der Waals surface area contributed by atoms with E-state index in [-0.39, 0.29) is 6.54 Å². The Morgan fingerprint density at radius 3 is 2.69 bits per heavy atom. The number of benzene rings is 2. The monoisotopic (exact) mass is 408 g/mol. The molecule has 0 aliphatic carbocycles. The van der Waals surface area contributed by atoms with Crippen LogP contribution < -0.4 is 4.80 Å². The van der Waals surface area contributed by atoms with Crippen molar-refractivity contribution < 1.29 is 14.3 Å². The number of methoxy groups -OCH3 is 1. The van der Waals surface area contributed by atoms with Crippen molar-refractivity contribution in [1.82, 2.24) is 4.57 Å². The average Bonchev–Trinajstić information content (AvgIpc) is 2.91. The van der Waals surface area contributed by atoms with Crippen LogP contribution in [-0.4, -0.2) is 23.6 Å². The lowest BCUT2D eigenvalue weighted by molar-refractivity contribution is -0.141. The molecular formula is C18H14Cl2N2O3S. The van der Waals surface area contributed by atoms with Crippen molar-refractivity contribution in [2.24, 2.45) is 4.99 Å². The van der Waals surface area contributed by atoms with Gasteiger partial charge in [0, 0.05) is 10.6 Å². The number of carbonyl (C=O) groups is 2. The number of amides is 1. The van der Waals surface area contributed by atoms with E-state index in [4.69, 9.17) is 27.9 Å². The summed E-state index contributed by atoms with van der Waals surface area (Å²) < 4.78 is 7.04. The lowest BCUT2D eigenvalue weighted by Gasteiger charge is -2.05. The van der Waals surface area contributed by atoms with E-state index in [1.54, 1.807) is 34.9 Å². The zero-order chi connectivity index (χ0) is 18.8. The SMILES string of the molecule is COC(=O)Cn1c(=NC(=O)c2cccc(C)c2)sc2cc(Cl)cc(Cl)c21. The number of aromatic nitrogens is 1. The minimum absolute atomic E-state index is 0.113. The van der Waals surface area contributed by atoms with Gasteiger partial charge in [-0.3, -0.25) is 9.59 Å². The number of esters is 1. The topological polar surface area (TPSA) is 60.7 Å². The Kier molecular flexibility index (Phi) is 5.46. The summed E-state index contributed by atoms with van der Waals surface area (Å²) in [5.41, 5.74) is 2.01. The van der Waals surface area contributed by atoms with Crippen LogP contribution in [0.15, 0.2) is 41.4 Å². The third-order valence-corrected chi connectivity index (χ3v) is 5.20. The van der Waals surface area contributed by atoms with Crippen molar-refractivity contribution in [2.75, 3.05) is 7.11 Å². The number of aryl methyl sites for hydroxylation is 1. The highest BCUT2D eigenvalue weighted by Crippen LogP contribution is 2.29. The van der Waals surface area contributed by atoms with E-state index < -0.39 is 11.9 Å². The van der Waals surface area contributed by atoms with Crippen LogP contribution >= 0.6 is 34.5 Å². The van der Waals surface area contributed by atoms with E-state index in [0.29, 0.717) is 25.9 Å². The number of hydrogen-bond donors (Lipinski definition) is 0. The Hall–Kier alpha value is -2.15. The van der Waals surface area contributed by atoms with Crippen LogP contribution in [0.1, 0.15) is 15.9 Å². The molecular weight excluding hydrogens is 395 g/mol. The van der Waals surface area contributed by atoms with Gasteiger partial charge in [-0.15, -0.1) is 0 Å². The number of nitrogens with zero attached hydrogens (tertiary/aromatic N) is 2. The summed E-state index contributed by atoms with van der Waals surface area (Å²) in [6.07, 6.45) is 0. The predicted molar refractivity (Wildman–Crippen MR) is 103 cm³/mol. The maximum Gasteiger partial charge on any atom is 0.325 e. The van der Waals surface area contributed by atoms with Crippen molar-refractivity contribution in [1.29, 1.82) is 0 Å². The van der Waals surface area contributed by atoms with E-state index in [1.807, 2.05) is 13.0 Å². The van der Waals surface area contributed by atoms with Crippen LogP contribution in [0.3, 0.4) is 0 Å². The Bertz CT molecular complexity index is 1090. The number of ether oxygens (including phenoxy) is 1. The normalized spacial score (nSPS) is 11.8. The van der Waals surface area contributed by atoms with Crippen LogP contribution in [0.2, 0.25) is 10.0 Å². The molecule has 0 bridgehead atoms. The molecule has 3 rings (SSSR count). The van der Waals surface area contributed by atoms with Gasteiger partial charge in [-0.05, 0) is 31.2 Å². The molecule has 0 unspecified atom stereocenters. The number of thiazole rings is 1. The molecule has 0 aliphatic rings. The number of hydrogen-bond acceptors (Lipinski definition) is 4. The van der Waals surface area contributed by atoms with Gasteiger partial charge in [0.05, 0.1) is 22.3 Å². The molecule has 1 aromatic heterocycles. The van der Waals surface area contributed by atoms with Gasteiger partial charge in [0.2, 0.25) is 0 Å². The molecule has 2 aromatic carbocycles. The molecule has 0 aliphatic heterocycles. The van der Waals surface area contributed by atoms with Crippen molar-refractivity contribution in [3.8, 4) is 0 Å². The summed E-state index contributed by atoms with van der Waals surface area (Å²) in [6.45, 7) is 1.78. The van der Waals surface area contributed by atoms with Crippen molar-refractivity contribution in [2.45, 2.75) is 13.5 Å². The summed E-state index contributed by atoms with van der Waals surface area (Å²) in [5.74, 6) is -0.874. The molecule has 1 amide bonds. The van der Waals surface area contributed by atoms with Crippen molar-refractivity contribution in [3.63, 3.8) is 0 Å². The summed E-state index contributed by atoms with van der Waals surface area (Å²) in [5, 5.41) is 0.836. The molecule has 0 spiro atoms. The number of rotatable bonds is 3. The van der Waals surface area contributed by atoms with Crippen molar-refractivity contribution >= 4 is 56.6 Å². The molecule has 0 saturated carbocycles. The second kappa shape index (κ2) is 7.61. The van der Waals surface area contributed by atoms with Gasteiger partial charge in [-0.1, -0.05) is 52.2 Å². The van der Waals surface area contributed by atoms with Crippen LogP contribution in [-0.2, 0) is 16.1 Å². The fourth-order valence-corrected chi connectivity index (χ4v) is 4.29. The molecule has 3 aromatic rings. The summed E-state index contributed by atoms with van der Waals surface area (Å²) in [4.78, 5) is 28.9. The minimum Gasteiger partial charge on any atom is -0.468 e. The Balaban J connectivity index is 2.20. The van der Waals surface area contributed by atoms with Gasteiger partial charge < -0.3 is 9.30 Å². The minimum atomic E-state index is -0.472. The van der Waals surface area contributed by atoms with Crippen molar-refractivity contribution in [3.05, 3.63) is 62.4 Å². The lowest BCUT2D eigenvalue weighted by atomic mass is 10.1. The van der Waals surface area contributed by atoms with Crippen LogP contribution in [0.4, 0.5) is 0 Å². The second-order valence-corrected chi connectivity index (χ2v) is 7.42. The Labute approximate surface area is 163 Å². The highest BCUT2D eigenvalue weighted by molar-refractivity contribution is 7.16. The van der Waals surface area contributed by atoms with E-state index in [0.717, 1.165) is 10.3 Å².